The Morgan fingerprint density at radius 3 is 2.02 bits per heavy atom. The van der Waals surface area contributed by atoms with Crippen molar-refractivity contribution in [3.05, 3.63) is 96.2 Å². The molecule has 1 aromatic heterocycles. The number of carbonyl (C=O) groups is 5. The number of aliphatic hydroxyl groups is 1. The summed E-state index contributed by atoms with van der Waals surface area (Å²) in [6.07, 6.45) is -7.16. The van der Waals surface area contributed by atoms with Crippen LogP contribution in [0.25, 0.3) is 22.0 Å². The molecule has 15 heteroatoms. The normalized spacial score (nSPS) is 14.4. The molecule has 0 saturated heterocycles. The van der Waals surface area contributed by atoms with Crippen LogP contribution in [-0.4, -0.2) is 76.1 Å². The second-order valence-corrected chi connectivity index (χ2v) is 13.4. The van der Waals surface area contributed by atoms with Crippen molar-refractivity contribution in [3.63, 3.8) is 0 Å². The lowest BCUT2D eigenvalue weighted by atomic mass is 9.99. The zero-order chi connectivity index (χ0) is 39.6. The number of halogens is 3. The van der Waals surface area contributed by atoms with Crippen LogP contribution in [0.5, 0.6) is 0 Å². The highest BCUT2D eigenvalue weighted by Gasteiger charge is 2.44. The smallest absolute Gasteiger partial charge is 0.382 e. The number of nitrogens with one attached hydrogen (secondary N) is 5. The van der Waals surface area contributed by atoms with Crippen LogP contribution in [0.15, 0.2) is 85.1 Å². The number of fused-ring (bicyclic) bond motifs is 1. The van der Waals surface area contributed by atoms with Crippen LogP contribution in [0.2, 0.25) is 0 Å². The Kier molecular flexibility index (Phi) is 14.0. The average molecular weight is 751 g/mol. The summed E-state index contributed by atoms with van der Waals surface area (Å²) in [6.45, 7) is 4.66. The summed E-state index contributed by atoms with van der Waals surface area (Å²) in [5.41, 5.74) is 8.94. The summed E-state index contributed by atoms with van der Waals surface area (Å²) in [4.78, 5) is 68.2. The standard InChI is InChI=1S/C39H45F3N6O6/c1-22(2)33(48-36(52)26-15-13-25(14-16-26)24-9-5-4-6-10-24)38(54)47-31(18-17-27-21-44-29-12-8-7-11-28(27)29)37(53)45-23(3)35(51)46-30(19-20-32(43)49)34(50)39(40,41)42/h4-16,21-23,30-31,33-34,44,50H,17-20H2,1-3H3,(H2,43,49)(H,45,53)(H,46,51)(H,47,54)(H,48,52). The minimum atomic E-state index is -5.12. The van der Waals surface area contributed by atoms with Gasteiger partial charge < -0.3 is 37.1 Å². The Morgan fingerprint density at radius 1 is 0.759 bits per heavy atom. The number of aryl methyl sites for hydroxylation is 1. The number of aromatic amines is 1. The quantitative estimate of drug-likeness (QED) is 0.0856. The van der Waals surface area contributed by atoms with Crippen LogP contribution in [-0.2, 0) is 25.6 Å². The summed E-state index contributed by atoms with van der Waals surface area (Å²) in [6, 6.07) is 18.2. The number of rotatable bonds is 17. The molecule has 0 aliphatic carbocycles. The molecule has 0 aliphatic rings. The maximum atomic E-state index is 13.8. The number of benzene rings is 3. The molecule has 3 aromatic carbocycles. The second kappa shape index (κ2) is 18.4. The zero-order valence-corrected chi connectivity index (χ0v) is 30.1. The van der Waals surface area contributed by atoms with Crippen LogP contribution in [0, 0.1) is 5.92 Å². The second-order valence-electron chi connectivity index (χ2n) is 13.4. The third kappa shape index (κ3) is 11.2. The Labute approximate surface area is 310 Å². The Bertz CT molecular complexity index is 1920. The number of para-hydroxylation sites is 1. The van der Waals surface area contributed by atoms with Gasteiger partial charge in [0, 0.05) is 29.1 Å². The number of carbonyl (C=O) groups excluding carboxylic acids is 5. The molecule has 4 rings (SSSR count). The monoisotopic (exact) mass is 750 g/mol. The lowest BCUT2D eigenvalue weighted by Gasteiger charge is -2.28. The van der Waals surface area contributed by atoms with Crippen molar-refractivity contribution >= 4 is 40.4 Å². The summed E-state index contributed by atoms with van der Waals surface area (Å²) in [5.74, 6) is -4.43. The molecule has 54 heavy (non-hydrogen) atoms. The summed E-state index contributed by atoms with van der Waals surface area (Å²) >= 11 is 0. The molecule has 0 aliphatic heterocycles. The van der Waals surface area contributed by atoms with Crippen molar-refractivity contribution in [1.29, 1.82) is 0 Å². The van der Waals surface area contributed by atoms with E-state index in [1.54, 1.807) is 44.3 Å². The van der Waals surface area contributed by atoms with Gasteiger partial charge in [-0.3, -0.25) is 24.0 Å². The van der Waals surface area contributed by atoms with Crippen LogP contribution in [0.3, 0.4) is 0 Å². The predicted molar refractivity (Wildman–Crippen MR) is 197 cm³/mol. The molecule has 4 aromatic rings. The molecule has 5 amide bonds. The van der Waals surface area contributed by atoms with Gasteiger partial charge in [0.05, 0.1) is 6.04 Å². The third-order valence-corrected chi connectivity index (χ3v) is 9.00. The number of primary amides is 1. The lowest BCUT2D eigenvalue weighted by Crippen LogP contribution is -2.58. The van der Waals surface area contributed by atoms with E-state index in [2.05, 4.69) is 26.3 Å². The molecule has 5 unspecified atom stereocenters. The zero-order valence-electron chi connectivity index (χ0n) is 30.1. The number of hydrogen-bond acceptors (Lipinski definition) is 6. The highest BCUT2D eigenvalue weighted by atomic mass is 19.4. The van der Waals surface area contributed by atoms with Gasteiger partial charge in [0.2, 0.25) is 23.6 Å². The van der Waals surface area contributed by atoms with Crippen LogP contribution >= 0.6 is 0 Å². The molecule has 5 atom stereocenters. The van der Waals surface area contributed by atoms with Gasteiger partial charge in [0.15, 0.2) is 6.10 Å². The first-order chi connectivity index (χ1) is 25.5. The van der Waals surface area contributed by atoms with Crippen molar-refractivity contribution in [2.45, 2.75) is 82.9 Å². The summed E-state index contributed by atoms with van der Waals surface area (Å²) < 4.78 is 40.0. The number of hydrogen-bond donors (Lipinski definition) is 7. The molecule has 0 fully saturated rings. The first-order valence-corrected chi connectivity index (χ1v) is 17.5. The molecule has 12 nitrogen and oxygen atoms in total. The Morgan fingerprint density at radius 2 is 1.39 bits per heavy atom. The minimum absolute atomic E-state index is 0.0431. The van der Waals surface area contributed by atoms with Gasteiger partial charge in [-0.25, -0.2) is 0 Å². The van der Waals surface area contributed by atoms with Crippen molar-refractivity contribution in [2.24, 2.45) is 11.7 Å². The maximum absolute atomic E-state index is 13.8. The number of H-pyrrole nitrogens is 1. The highest BCUT2D eigenvalue weighted by Crippen LogP contribution is 2.25. The first-order valence-electron chi connectivity index (χ1n) is 17.5. The van der Waals surface area contributed by atoms with E-state index in [1.165, 1.54) is 6.92 Å². The van der Waals surface area contributed by atoms with E-state index < -0.39 is 84.7 Å². The molecular weight excluding hydrogens is 705 g/mol. The SMILES string of the molecule is CC(NC(=O)C(CCc1c[nH]c2ccccc12)NC(=O)C(NC(=O)c1ccc(-c2ccccc2)cc1)C(C)C)C(=O)NC(CCC(N)=O)C(O)C(F)(F)F. The molecule has 0 spiro atoms. The fourth-order valence-electron chi connectivity index (χ4n) is 5.89. The van der Waals surface area contributed by atoms with Crippen LogP contribution < -0.4 is 27.0 Å². The topological polar surface area (TPSA) is 196 Å². The number of aromatic nitrogens is 1. The van der Waals surface area contributed by atoms with Crippen molar-refractivity contribution in [3.8, 4) is 11.1 Å². The number of amides is 5. The number of nitrogens with two attached hydrogens (primary N) is 1. The molecule has 288 valence electrons. The van der Waals surface area contributed by atoms with Crippen molar-refractivity contribution in [2.75, 3.05) is 0 Å². The molecule has 8 N–H and O–H groups in total. The van der Waals surface area contributed by atoms with Crippen molar-refractivity contribution < 1.29 is 42.3 Å². The van der Waals surface area contributed by atoms with E-state index in [9.17, 15) is 42.3 Å². The lowest BCUT2D eigenvalue weighted by molar-refractivity contribution is -0.212. The Balaban J connectivity index is 1.50. The first kappa shape index (κ1) is 41.1. The third-order valence-electron chi connectivity index (χ3n) is 9.00. The van der Waals surface area contributed by atoms with E-state index in [0.717, 1.165) is 27.6 Å². The minimum Gasteiger partial charge on any atom is -0.382 e. The summed E-state index contributed by atoms with van der Waals surface area (Å²) in [7, 11) is 0. The van der Waals surface area contributed by atoms with Gasteiger partial charge in [-0.15, -0.1) is 0 Å². The van der Waals surface area contributed by atoms with Crippen LogP contribution in [0.1, 0.15) is 56.0 Å². The van der Waals surface area contributed by atoms with E-state index in [-0.39, 0.29) is 6.42 Å². The van der Waals surface area contributed by atoms with E-state index in [0.29, 0.717) is 12.0 Å². The highest BCUT2D eigenvalue weighted by molar-refractivity contribution is 5.99. The molecule has 0 radical (unpaired) electrons. The number of aliphatic hydroxyl groups excluding tert-OH is 1. The van der Waals surface area contributed by atoms with Gasteiger partial charge in [0.25, 0.3) is 5.91 Å². The fourth-order valence-corrected chi connectivity index (χ4v) is 5.89. The molecule has 0 bridgehead atoms. The molecule has 0 saturated carbocycles. The number of alkyl halides is 3. The summed E-state index contributed by atoms with van der Waals surface area (Å²) in [5, 5.41) is 20.7. The fraction of sp³-hybridized carbons (Fsp3) is 0.359. The van der Waals surface area contributed by atoms with Gasteiger partial charge in [0.1, 0.15) is 18.1 Å². The average Bonchev–Trinajstić information content (AvgIpc) is 3.56. The molecular formula is C39H45F3N6O6. The van der Waals surface area contributed by atoms with E-state index in [1.807, 2.05) is 54.6 Å². The van der Waals surface area contributed by atoms with Gasteiger partial charge in [-0.2, -0.15) is 13.2 Å². The van der Waals surface area contributed by atoms with Gasteiger partial charge in [-0.1, -0.05) is 74.5 Å². The van der Waals surface area contributed by atoms with Crippen molar-refractivity contribution in [1.82, 2.24) is 26.3 Å². The van der Waals surface area contributed by atoms with Gasteiger partial charge in [-0.05, 0) is 67.0 Å². The predicted octanol–water partition coefficient (Wildman–Crippen LogP) is 3.89. The van der Waals surface area contributed by atoms with E-state index in [4.69, 9.17) is 5.73 Å². The van der Waals surface area contributed by atoms with E-state index >= 15 is 0 Å². The maximum Gasteiger partial charge on any atom is 0.416 e. The molecule has 1 heterocycles. The van der Waals surface area contributed by atoms with Gasteiger partial charge >= 0.3 is 6.18 Å². The largest absolute Gasteiger partial charge is 0.416 e. The van der Waals surface area contributed by atoms with Crippen LogP contribution in [0.4, 0.5) is 13.2 Å². The Hall–Kier alpha value is -5.70.